The Balaban J connectivity index is 1.90. The van der Waals surface area contributed by atoms with Crippen molar-refractivity contribution in [3.05, 3.63) is 48.4 Å². The van der Waals surface area contributed by atoms with Crippen molar-refractivity contribution >= 4 is 5.91 Å². The fourth-order valence-corrected chi connectivity index (χ4v) is 1.46. The highest BCUT2D eigenvalue weighted by atomic mass is 16.3. The summed E-state index contributed by atoms with van der Waals surface area (Å²) in [6, 6.07) is 3.88. The number of nitrogens with zero attached hydrogens (tertiary/aromatic N) is 3. The van der Waals surface area contributed by atoms with Gasteiger partial charge in [-0.2, -0.15) is 0 Å². The summed E-state index contributed by atoms with van der Waals surface area (Å²) in [5, 5.41) is 0. The first-order valence-corrected chi connectivity index (χ1v) is 5.30. The third kappa shape index (κ3) is 2.90. The van der Waals surface area contributed by atoms with E-state index in [0.717, 1.165) is 12.0 Å². The molecule has 0 unspecified atom stereocenters. The molecule has 2 aromatic heterocycles. The fraction of sp³-hybridized carbons (Fsp3) is 0.250. The minimum absolute atomic E-state index is 0.132. The molecule has 0 aliphatic rings. The largest absolute Gasteiger partial charge is 0.451 e. The Bertz CT molecular complexity index is 468. The SMILES string of the molecule is CN(CCc1ccncc1)C(=O)c1cocn1. The topological polar surface area (TPSA) is 59.2 Å². The Hall–Kier alpha value is -2.17. The van der Waals surface area contributed by atoms with Gasteiger partial charge in [-0.1, -0.05) is 0 Å². The Morgan fingerprint density at radius 3 is 2.82 bits per heavy atom. The summed E-state index contributed by atoms with van der Waals surface area (Å²) in [5.74, 6) is -0.132. The van der Waals surface area contributed by atoms with Gasteiger partial charge in [0.25, 0.3) is 5.91 Å². The lowest BCUT2D eigenvalue weighted by Gasteiger charge is -2.15. The quantitative estimate of drug-likeness (QED) is 0.797. The molecule has 0 radical (unpaired) electrons. The second-order valence-corrected chi connectivity index (χ2v) is 3.71. The van der Waals surface area contributed by atoms with Gasteiger partial charge in [0, 0.05) is 26.0 Å². The van der Waals surface area contributed by atoms with Crippen LogP contribution in [-0.4, -0.2) is 34.4 Å². The maximum Gasteiger partial charge on any atom is 0.275 e. The first-order chi connectivity index (χ1) is 8.27. The summed E-state index contributed by atoms with van der Waals surface area (Å²) in [6.07, 6.45) is 6.89. The zero-order valence-electron chi connectivity index (χ0n) is 9.54. The molecule has 0 fully saturated rings. The highest BCUT2D eigenvalue weighted by Gasteiger charge is 2.13. The Morgan fingerprint density at radius 2 is 2.18 bits per heavy atom. The average molecular weight is 231 g/mol. The smallest absolute Gasteiger partial charge is 0.275 e. The van der Waals surface area contributed by atoms with Crippen LogP contribution in [0, 0.1) is 0 Å². The highest BCUT2D eigenvalue weighted by Crippen LogP contribution is 2.03. The zero-order chi connectivity index (χ0) is 12.1. The van der Waals surface area contributed by atoms with Gasteiger partial charge in [0.1, 0.15) is 6.26 Å². The van der Waals surface area contributed by atoms with E-state index < -0.39 is 0 Å². The summed E-state index contributed by atoms with van der Waals surface area (Å²) in [6.45, 7) is 0.635. The molecule has 2 aromatic rings. The van der Waals surface area contributed by atoms with Crippen LogP contribution in [0.1, 0.15) is 16.1 Å². The molecule has 5 heteroatoms. The van der Waals surface area contributed by atoms with Crippen molar-refractivity contribution in [3.8, 4) is 0 Å². The van der Waals surface area contributed by atoms with Crippen LogP contribution in [-0.2, 0) is 6.42 Å². The van der Waals surface area contributed by atoms with E-state index in [-0.39, 0.29) is 5.91 Å². The molecule has 0 bridgehead atoms. The number of hydrogen-bond acceptors (Lipinski definition) is 4. The first-order valence-electron chi connectivity index (χ1n) is 5.30. The van der Waals surface area contributed by atoms with Crippen LogP contribution in [0.4, 0.5) is 0 Å². The minimum atomic E-state index is -0.132. The molecule has 88 valence electrons. The van der Waals surface area contributed by atoms with Crippen LogP contribution in [0.15, 0.2) is 41.6 Å². The van der Waals surface area contributed by atoms with Gasteiger partial charge in [0.05, 0.1) is 0 Å². The molecule has 0 atom stereocenters. The lowest BCUT2D eigenvalue weighted by molar-refractivity contribution is 0.0791. The fourth-order valence-electron chi connectivity index (χ4n) is 1.46. The summed E-state index contributed by atoms with van der Waals surface area (Å²) in [4.78, 5) is 21.2. The standard InChI is InChI=1S/C12H13N3O2/c1-15(12(16)11-8-17-9-14-11)7-4-10-2-5-13-6-3-10/h2-3,5-6,8-9H,4,7H2,1H3. The molecule has 1 amide bonds. The van der Waals surface area contributed by atoms with Gasteiger partial charge in [0.15, 0.2) is 12.1 Å². The average Bonchev–Trinajstić information content (AvgIpc) is 2.90. The van der Waals surface area contributed by atoms with Crippen molar-refractivity contribution in [2.24, 2.45) is 0 Å². The van der Waals surface area contributed by atoms with Gasteiger partial charge < -0.3 is 9.32 Å². The number of likely N-dealkylation sites (N-methyl/N-ethyl adjacent to an activating group) is 1. The third-order valence-corrected chi connectivity index (χ3v) is 2.48. The predicted octanol–water partition coefficient (Wildman–Crippen LogP) is 1.38. The molecule has 5 nitrogen and oxygen atoms in total. The number of oxazole rings is 1. The van der Waals surface area contributed by atoms with E-state index in [1.165, 1.54) is 12.7 Å². The molecule has 0 aromatic carbocycles. The minimum Gasteiger partial charge on any atom is -0.451 e. The Kier molecular flexibility index (Phi) is 3.49. The number of carbonyl (C=O) groups excluding carboxylic acids is 1. The van der Waals surface area contributed by atoms with E-state index in [4.69, 9.17) is 4.42 Å². The van der Waals surface area contributed by atoms with Gasteiger partial charge in [-0.25, -0.2) is 4.98 Å². The van der Waals surface area contributed by atoms with Crippen molar-refractivity contribution in [1.82, 2.24) is 14.9 Å². The number of rotatable bonds is 4. The number of hydrogen-bond donors (Lipinski definition) is 0. The third-order valence-electron chi connectivity index (χ3n) is 2.48. The first kappa shape index (κ1) is 11.3. The number of aromatic nitrogens is 2. The molecule has 0 saturated heterocycles. The van der Waals surface area contributed by atoms with E-state index >= 15 is 0 Å². The Labute approximate surface area is 99.1 Å². The van der Waals surface area contributed by atoms with Crippen molar-refractivity contribution in [2.45, 2.75) is 6.42 Å². The van der Waals surface area contributed by atoms with Gasteiger partial charge in [0.2, 0.25) is 0 Å². The van der Waals surface area contributed by atoms with Crippen LogP contribution < -0.4 is 0 Å². The molecule has 0 aliphatic carbocycles. The van der Waals surface area contributed by atoms with Gasteiger partial charge >= 0.3 is 0 Å². The van der Waals surface area contributed by atoms with Crippen molar-refractivity contribution in [3.63, 3.8) is 0 Å². The zero-order valence-corrected chi connectivity index (χ0v) is 9.54. The monoisotopic (exact) mass is 231 g/mol. The predicted molar refractivity (Wildman–Crippen MR) is 61.4 cm³/mol. The van der Waals surface area contributed by atoms with Crippen LogP contribution in [0.5, 0.6) is 0 Å². The van der Waals surface area contributed by atoms with Crippen LogP contribution >= 0.6 is 0 Å². The van der Waals surface area contributed by atoms with E-state index in [0.29, 0.717) is 12.2 Å². The van der Waals surface area contributed by atoms with Gasteiger partial charge in [-0.05, 0) is 24.1 Å². The second kappa shape index (κ2) is 5.25. The molecule has 2 heterocycles. The lowest BCUT2D eigenvalue weighted by Crippen LogP contribution is -2.29. The van der Waals surface area contributed by atoms with Crippen molar-refractivity contribution in [1.29, 1.82) is 0 Å². The van der Waals surface area contributed by atoms with Crippen LogP contribution in [0.3, 0.4) is 0 Å². The van der Waals surface area contributed by atoms with E-state index in [2.05, 4.69) is 9.97 Å². The molecule has 2 rings (SSSR count). The van der Waals surface area contributed by atoms with E-state index in [1.807, 2.05) is 12.1 Å². The molecule has 0 saturated carbocycles. The molecule has 0 spiro atoms. The molecular formula is C12H13N3O2. The molecule has 17 heavy (non-hydrogen) atoms. The van der Waals surface area contributed by atoms with E-state index in [9.17, 15) is 4.79 Å². The highest BCUT2D eigenvalue weighted by molar-refractivity contribution is 5.91. The maximum absolute atomic E-state index is 11.8. The lowest BCUT2D eigenvalue weighted by atomic mass is 10.2. The van der Waals surface area contributed by atoms with Gasteiger partial charge in [-0.15, -0.1) is 0 Å². The number of carbonyl (C=O) groups is 1. The number of pyridine rings is 1. The van der Waals surface area contributed by atoms with E-state index in [1.54, 1.807) is 24.3 Å². The summed E-state index contributed by atoms with van der Waals surface area (Å²) in [7, 11) is 1.75. The maximum atomic E-state index is 11.8. The molecule has 0 aliphatic heterocycles. The second-order valence-electron chi connectivity index (χ2n) is 3.71. The van der Waals surface area contributed by atoms with Crippen LogP contribution in [0.25, 0.3) is 0 Å². The van der Waals surface area contributed by atoms with Crippen molar-refractivity contribution < 1.29 is 9.21 Å². The summed E-state index contributed by atoms with van der Waals surface area (Å²) in [5.41, 5.74) is 1.49. The molecule has 0 N–H and O–H groups in total. The van der Waals surface area contributed by atoms with Crippen molar-refractivity contribution in [2.75, 3.05) is 13.6 Å². The number of amides is 1. The summed E-state index contributed by atoms with van der Waals surface area (Å²) >= 11 is 0. The normalized spacial score (nSPS) is 10.2. The molecular weight excluding hydrogens is 218 g/mol. The summed E-state index contributed by atoms with van der Waals surface area (Å²) < 4.78 is 4.78. The van der Waals surface area contributed by atoms with Crippen LogP contribution in [0.2, 0.25) is 0 Å². The Morgan fingerprint density at radius 1 is 1.41 bits per heavy atom. The van der Waals surface area contributed by atoms with Gasteiger partial charge in [-0.3, -0.25) is 9.78 Å².